The number of carbonyl (C=O) groups excluding carboxylic acids is 2. The van der Waals surface area contributed by atoms with Gasteiger partial charge in [0.2, 0.25) is 5.91 Å². The number of benzene rings is 2. The van der Waals surface area contributed by atoms with Gasteiger partial charge in [-0.25, -0.2) is 0 Å². The molecule has 3 heterocycles. The Kier molecular flexibility index (Phi) is 7.40. The number of ether oxygens (including phenoxy) is 1. The minimum Gasteiger partial charge on any atom is -0.452 e. The van der Waals surface area contributed by atoms with Crippen molar-refractivity contribution in [2.75, 3.05) is 24.3 Å². The number of esters is 1. The number of hydrogen-bond acceptors (Lipinski definition) is 10. The first kappa shape index (κ1) is 24.6. The van der Waals surface area contributed by atoms with Crippen LogP contribution in [-0.2, 0) is 14.3 Å². The molecule has 2 aliphatic heterocycles. The van der Waals surface area contributed by atoms with E-state index in [0.29, 0.717) is 11.5 Å². The average molecular weight is 545 g/mol. The zero-order valence-electron chi connectivity index (χ0n) is 18.9. The van der Waals surface area contributed by atoms with E-state index < -0.39 is 17.6 Å². The fourth-order valence-corrected chi connectivity index (χ4v) is 8.39. The van der Waals surface area contributed by atoms with Crippen LogP contribution >= 0.6 is 46.6 Å². The predicted molar refractivity (Wildman–Crippen MR) is 142 cm³/mol. The van der Waals surface area contributed by atoms with Gasteiger partial charge in [0.15, 0.2) is 14.8 Å². The molecule has 11 heteroatoms. The zero-order chi connectivity index (χ0) is 24.4. The number of nitrogens with two attached hydrogens (primary N) is 1. The number of carbonyl (C=O) groups is 2. The number of hydrogen-bond donors (Lipinski definition) is 1. The summed E-state index contributed by atoms with van der Waals surface area (Å²) in [5.41, 5.74) is 6.90. The highest BCUT2D eigenvalue weighted by Gasteiger charge is 2.56. The first-order valence-electron chi connectivity index (χ1n) is 11.0. The van der Waals surface area contributed by atoms with E-state index in [2.05, 4.69) is 10.2 Å². The lowest BCUT2D eigenvalue weighted by molar-refractivity contribution is -0.163. The van der Waals surface area contributed by atoms with Crippen molar-refractivity contribution in [1.29, 1.82) is 0 Å². The summed E-state index contributed by atoms with van der Waals surface area (Å²) in [6, 6.07) is 18.9. The van der Waals surface area contributed by atoms with Crippen LogP contribution in [0.5, 0.6) is 0 Å². The van der Waals surface area contributed by atoms with Crippen LogP contribution in [0.4, 0.5) is 0 Å². The van der Waals surface area contributed by atoms with Crippen molar-refractivity contribution in [3.05, 3.63) is 71.8 Å². The van der Waals surface area contributed by atoms with E-state index in [1.165, 1.54) is 34.9 Å². The van der Waals surface area contributed by atoms with Crippen LogP contribution < -0.4 is 5.73 Å². The van der Waals surface area contributed by atoms with Gasteiger partial charge < -0.3 is 15.4 Å². The number of thioether (sulfide) groups is 3. The molecular weight excluding hydrogens is 521 g/mol. The molecule has 7 nitrogen and oxygen atoms in total. The molecule has 0 aliphatic carbocycles. The molecule has 0 spiro atoms. The highest BCUT2D eigenvalue weighted by molar-refractivity contribution is 8.03. The lowest BCUT2D eigenvalue weighted by Crippen LogP contribution is -2.72. The summed E-state index contributed by atoms with van der Waals surface area (Å²) < 4.78 is 7.95. The lowest BCUT2D eigenvalue weighted by atomic mass is 9.89. The molecule has 35 heavy (non-hydrogen) atoms. The van der Waals surface area contributed by atoms with E-state index in [1.54, 1.807) is 16.7 Å². The van der Waals surface area contributed by atoms with Gasteiger partial charge in [-0.2, -0.15) is 0 Å². The number of fused-ring (bicyclic) bond motifs is 1. The third kappa shape index (κ3) is 4.97. The number of amides is 1. The Morgan fingerprint density at radius 3 is 2.37 bits per heavy atom. The van der Waals surface area contributed by atoms with E-state index in [9.17, 15) is 9.59 Å². The molecule has 182 valence electrons. The van der Waals surface area contributed by atoms with Crippen LogP contribution in [0.2, 0.25) is 0 Å². The van der Waals surface area contributed by atoms with Gasteiger partial charge in [0.1, 0.15) is 16.8 Å². The van der Waals surface area contributed by atoms with Crippen molar-refractivity contribution in [1.82, 2.24) is 15.1 Å². The minimum atomic E-state index is -0.894. The molecule has 0 bridgehead atoms. The summed E-state index contributed by atoms with van der Waals surface area (Å²) in [4.78, 5) is 28.2. The fourth-order valence-electron chi connectivity index (χ4n) is 4.15. The van der Waals surface area contributed by atoms with E-state index in [0.717, 1.165) is 19.8 Å². The highest BCUT2D eigenvalue weighted by atomic mass is 32.2. The van der Waals surface area contributed by atoms with Crippen LogP contribution in [0, 0.1) is 5.41 Å². The van der Waals surface area contributed by atoms with E-state index in [1.807, 2.05) is 66.9 Å². The first-order valence-corrected chi connectivity index (χ1v) is 15.1. The average Bonchev–Trinajstić information content (AvgIpc) is 3.39. The van der Waals surface area contributed by atoms with Crippen molar-refractivity contribution in [2.45, 2.75) is 26.2 Å². The second-order valence-electron chi connectivity index (χ2n) is 8.41. The van der Waals surface area contributed by atoms with Gasteiger partial charge in [0, 0.05) is 18.1 Å². The summed E-state index contributed by atoms with van der Waals surface area (Å²) >= 11 is 6.08. The molecule has 2 aliphatic rings. The maximum Gasteiger partial charge on any atom is 0.316 e. The topological polar surface area (TPSA) is 98.4 Å². The molecule has 2 aromatic carbocycles. The van der Waals surface area contributed by atoms with Crippen molar-refractivity contribution in [3.63, 3.8) is 0 Å². The van der Waals surface area contributed by atoms with Gasteiger partial charge in [-0.15, -0.1) is 22.0 Å². The van der Waals surface area contributed by atoms with Gasteiger partial charge in [-0.05, 0) is 17.4 Å². The van der Waals surface area contributed by atoms with E-state index in [4.69, 9.17) is 10.5 Å². The zero-order valence-corrected chi connectivity index (χ0v) is 22.2. The Hall–Kier alpha value is -2.05. The quantitative estimate of drug-likeness (QED) is 0.257. The second-order valence-corrected chi connectivity index (χ2v) is 12.8. The standard InChI is InChI=1S/C24H24N4O3S4/c1-32-22-26-27-23(35-22)34-14-24(12-28-19(29)17(25)20(28)33-13-24)21(30)31-18(15-8-4-2-5-9-15)16-10-6-3-7-11-16/h2-11,17-18,20H,12-14,25H2,1H3/t17?,20-,24?/m1/s1. The van der Waals surface area contributed by atoms with Gasteiger partial charge in [0.05, 0.1) is 0 Å². The summed E-state index contributed by atoms with van der Waals surface area (Å²) in [7, 11) is 0. The monoisotopic (exact) mass is 544 g/mol. The van der Waals surface area contributed by atoms with Crippen molar-refractivity contribution in [2.24, 2.45) is 11.1 Å². The smallest absolute Gasteiger partial charge is 0.316 e. The summed E-state index contributed by atoms with van der Waals surface area (Å²) in [6.45, 7) is 0.285. The molecule has 3 atom stereocenters. The van der Waals surface area contributed by atoms with Crippen molar-refractivity contribution in [3.8, 4) is 0 Å². The van der Waals surface area contributed by atoms with E-state index >= 15 is 0 Å². The second kappa shape index (κ2) is 10.5. The van der Waals surface area contributed by atoms with Crippen LogP contribution in [0.3, 0.4) is 0 Å². The minimum absolute atomic E-state index is 0.0860. The summed E-state index contributed by atoms with van der Waals surface area (Å²) in [5, 5.41) is 8.32. The Morgan fingerprint density at radius 1 is 1.14 bits per heavy atom. The van der Waals surface area contributed by atoms with Gasteiger partial charge in [-0.3, -0.25) is 9.59 Å². The Morgan fingerprint density at radius 2 is 1.77 bits per heavy atom. The fraction of sp³-hybridized carbons (Fsp3) is 0.333. The lowest BCUT2D eigenvalue weighted by Gasteiger charge is -2.53. The van der Waals surface area contributed by atoms with Gasteiger partial charge in [-0.1, -0.05) is 95.5 Å². The third-order valence-electron chi connectivity index (χ3n) is 6.08. The number of β-lactam (4-membered cyclic amide) rings is 1. The molecule has 1 aromatic heterocycles. The number of nitrogens with zero attached hydrogens (tertiary/aromatic N) is 3. The van der Waals surface area contributed by atoms with E-state index in [-0.39, 0.29) is 23.8 Å². The molecule has 2 N–H and O–H groups in total. The predicted octanol–water partition coefficient (Wildman–Crippen LogP) is 3.91. The highest BCUT2D eigenvalue weighted by Crippen LogP contribution is 2.45. The molecule has 5 rings (SSSR count). The molecule has 1 amide bonds. The van der Waals surface area contributed by atoms with Crippen molar-refractivity contribution >= 4 is 58.5 Å². The Balaban J connectivity index is 1.43. The SMILES string of the molecule is CSc1nnc(SCC2(C(=O)OC(c3ccccc3)c3ccccc3)CS[C@@H]3C(N)C(=O)N3C2)s1. The Bertz CT molecular complexity index is 1160. The molecule has 2 saturated heterocycles. The van der Waals surface area contributed by atoms with Crippen LogP contribution in [-0.4, -0.2) is 62.7 Å². The third-order valence-corrected chi connectivity index (χ3v) is 11.0. The van der Waals surface area contributed by atoms with Gasteiger partial charge >= 0.3 is 5.97 Å². The summed E-state index contributed by atoms with van der Waals surface area (Å²) in [5.74, 6) is 0.513. The molecule has 0 saturated carbocycles. The summed E-state index contributed by atoms with van der Waals surface area (Å²) in [6.07, 6.45) is 1.41. The molecular formula is C24H24N4O3S4. The maximum absolute atomic E-state index is 14.0. The van der Waals surface area contributed by atoms with Crippen LogP contribution in [0.15, 0.2) is 69.3 Å². The largest absolute Gasteiger partial charge is 0.452 e. The number of rotatable bonds is 8. The Labute approximate surface area is 220 Å². The maximum atomic E-state index is 14.0. The molecule has 2 unspecified atom stereocenters. The van der Waals surface area contributed by atoms with Crippen LogP contribution in [0.1, 0.15) is 17.2 Å². The number of aromatic nitrogens is 2. The molecule has 2 fully saturated rings. The molecule has 0 radical (unpaired) electrons. The normalized spacial score (nSPS) is 23.6. The van der Waals surface area contributed by atoms with Crippen LogP contribution in [0.25, 0.3) is 0 Å². The molecule has 3 aromatic rings. The van der Waals surface area contributed by atoms with Crippen molar-refractivity contribution < 1.29 is 14.3 Å². The first-order chi connectivity index (χ1) is 17.0. The van der Waals surface area contributed by atoms with Gasteiger partial charge in [0.25, 0.3) is 0 Å².